The highest BCUT2D eigenvalue weighted by atomic mass is 35.5. The van der Waals surface area contributed by atoms with Gasteiger partial charge in [0.1, 0.15) is 131 Å². The summed E-state index contributed by atoms with van der Waals surface area (Å²) in [6.45, 7) is 4.34. The van der Waals surface area contributed by atoms with Crippen molar-refractivity contribution < 1.29 is 137 Å². The number of phenolic OH excluding ortho intramolecular Hbond substituents is 4. The van der Waals surface area contributed by atoms with Crippen molar-refractivity contribution >= 4 is 76.4 Å². The minimum atomic E-state index is -2.44. The van der Waals surface area contributed by atoms with Gasteiger partial charge in [-0.15, -0.1) is 0 Å². The normalized spacial score (nSPS) is 25.6. The largest absolute Gasteiger partial charge is 0.508 e. The highest BCUT2D eigenvalue weighted by Crippen LogP contribution is 2.51. The number of hydrogen-bond donors (Lipinski definition) is 22. The molecular weight excluding hydrogens is 1740 g/mol. The summed E-state index contributed by atoms with van der Waals surface area (Å²) in [7, 11) is 2.40. The number of carbonyl (C=O) groups excluding carboxylic acids is 9. The van der Waals surface area contributed by atoms with Crippen LogP contribution in [0.15, 0.2) is 115 Å². The number of aliphatic hydroxyl groups excluding tert-OH is 7. The van der Waals surface area contributed by atoms with Crippen molar-refractivity contribution in [1.82, 2.24) is 53.2 Å². The Balaban J connectivity index is 1.04. The lowest BCUT2D eigenvalue weighted by molar-refractivity contribution is -0.277. The van der Waals surface area contributed by atoms with E-state index in [2.05, 4.69) is 67.0 Å². The Labute approximate surface area is 753 Å². The number of benzene rings is 7. The zero-order valence-electron chi connectivity index (χ0n) is 70.7. The SMILES string of the molecule is CN[C@@H]1C(=O)N[C@@H]2Cc3ccc(cc3)Oc3cc4cc(c3O[C@@H]3O[C@H](C(=O)OC)[C@@H](O)[C@H](O)[C@H]3NC(=O)CCCCCCCC(C)C)Oc3ccc(cc3Cl)[C@@H](O)[C@@H]3NC(=O)[C@H](NC(=O)[C@@H]4NC(=O)[C@@H](NC2=O)c2cc(cc(O)c2Cl)Oc2cc1ccc2O)c1ccc(O)c(c1)-c1c(O[C@H]2O[C@H](CO)[C@@H](O)[C@H](O)[C@@H]2O)cc(O)cc1[C@H](C(=O)NCCCNCCCN)NC3=O. The van der Waals surface area contributed by atoms with E-state index in [0.717, 1.165) is 99.5 Å². The minimum absolute atomic E-state index is 0.120. The standard InChI is InChI=1S/C89H103Cl2N11O28/c1-39(2)12-8-6-5-7-9-13-62(108)97-71-74(111)76(113)79(87(122)123-4)130-88(71)129-78-59-32-44-33-60(78)126-56-23-18-43(30-51(56)90)72(109)70-86(121)101-68(81(116)95-27-11-26-94-25-10-24-92)49-34-45(104)35-58(127-89-77(114)75(112)73(110)61(38-103)128-89)63(49)48-29-41(16-21-53(48)105)66(83(118)102-70)98-84(119)67(44)99-85(120)69-50-36-47(37-55(107)64(50)91)125-57-31-42(17-22-54(57)106)65(93-3)82(117)96-52(80(115)100-69)28-40-14-19-46(124-59)20-15-40/h14-23,29-37,39,52,61,65-77,79,88-89,93-94,103-107,109-114H,5-13,24-28,38,92H2,1-4H3,(H,95,116)(H,96,117)(H,97,108)(H,98,119)(H,99,120)(H,100,115)(H,101,121)(H,102,118)/t52-,61-,65+,66-,67-,68-,69+,70+,71-,72-,73-,74-,75+,76+,77+,79+,88-,89+/m1/s1. The molecule has 7 aromatic carbocycles. The van der Waals surface area contributed by atoms with Gasteiger partial charge in [0.15, 0.2) is 29.1 Å². The number of likely N-dealkylation sites (N-methyl/N-ethyl adjacent to an activating group) is 1. The van der Waals surface area contributed by atoms with E-state index in [9.17, 15) is 70.6 Å². The van der Waals surface area contributed by atoms with Gasteiger partial charge in [0.05, 0.1) is 23.8 Å². The molecule has 8 aliphatic heterocycles. The van der Waals surface area contributed by atoms with Gasteiger partial charge in [-0.05, 0) is 158 Å². The van der Waals surface area contributed by atoms with E-state index in [1.165, 1.54) is 55.6 Å². The number of halogens is 2. The molecule has 130 heavy (non-hydrogen) atoms. The molecule has 2 saturated heterocycles. The van der Waals surface area contributed by atoms with Crippen LogP contribution in [0.25, 0.3) is 11.1 Å². The molecule has 17 bridgehead atoms. The number of aliphatic hydroxyl groups is 7. The third-order valence-electron chi connectivity index (χ3n) is 23.0. The van der Waals surface area contributed by atoms with Crippen molar-refractivity contribution in [2.24, 2.45) is 11.7 Å². The fraction of sp³-hybridized carbons (Fsp3) is 0.427. The molecule has 2 fully saturated rings. The molecule has 0 unspecified atom stereocenters. The van der Waals surface area contributed by atoms with Crippen LogP contribution in [0, 0.1) is 5.92 Å². The van der Waals surface area contributed by atoms with Crippen LogP contribution in [-0.4, -0.2) is 230 Å². The van der Waals surface area contributed by atoms with Gasteiger partial charge in [-0.25, -0.2) is 4.79 Å². The summed E-state index contributed by atoms with van der Waals surface area (Å²) in [5.74, 6) is -16.7. The van der Waals surface area contributed by atoms with E-state index in [1.54, 1.807) is 0 Å². The third-order valence-corrected chi connectivity index (χ3v) is 23.7. The maximum Gasteiger partial charge on any atom is 0.337 e. The van der Waals surface area contributed by atoms with E-state index in [-0.39, 0.29) is 47.8 Å². The third kappa shape index (κ3) is 21.7. The number of nitrogens with one attached hydrogen (secondary N) is 10. The molecule has 0 radical (unpaired) electrons. The Morgan fingerprint density at radius 1 is 0.562 bits per heavy atom. The summed E-state index contributed by atoms with van der Waals surface area (Å²) < 4.78 is 50.0. The van der Waals surface area contributed by atoms with Gasteiger partial charge in [-0.1, -0.05) is 99.5 Å². The van der Waals surface area contributed by atoms with Crippen molar-refractivity contribution in [3.63, 3.8) is 0 Å². The molecule has 41 heteroatoms. The van der Waals surface area contributed by atoms with E-state index < -0.39 is 271 Å². The summed E-state index contributed by atoms with van der Waals surface area (Å²) in [5, 5.41) is 154. The predicted molar refractivity (Wildman–Crippen MR) is 460 cm³/mol. The maximum atomic E-state index is 16.9. The fourth-order valence-electron chi connectivity index (χ4n) is 16.0. The fourth-order valence-corrected chi connectivity index (χ4v) is 16.5. The van der Waals surface area contributed by atoms with Crippen LogP contribution in [0.3, 0.4) is 0 Å². The molecule has 7 aromatic rings. The Morgan fingerprint density at radius 2 is 1.22 bits per heavy atom. The summed E-state index contributed by atoms with van der Waals surface area (Å²) >= 11 is 14.4. The summed E-state index contributed by atoms with van der Waals surface area (Å²) in [5.41, 5.74) is 3.07. The van der Waals surface area contributed by atoms with Gasteiger partial charge in [0.25, 0.3) is 0 Å². The van der Waals surface area contributed by atoms with Crippen LogP contribution >= 0.6 is 23.2 Å². The van der Waals surface area contributed by atoms with Crippen LogP contribution in [0.1, 0.15) is 147 Å². The van der Waals surface area contributed by atoms with E-state index in [4.69, 9.17) is 66.8 Å². The molecule has 15 rings (SSSR count). The monoisotopic (exact) mass is 1840 g/mol. The first kappa shape index (κ1) is 95.6. The number of phenols is 4. The first-order valence-corrected chi connectivity index (χ1v) is 43.0. The highest BCUT2D eigenvalue weighted by Gasteiger charge is 2.52. The van der Waals surface area contributed by atoms with Gasteiger partial charge in [-0.3, -0.25) is 38.4 Å². The Kier molecular flexibility index (Phi) is 31.1. The highest BCUT2D eigenvalue weighted by molar-refractivity contribution is 6.33. The van der Waals surface area contributed by atoms with Crippen LogP contribution in [0.2, 0.25) is 10.0 Å². The Morgan fingerprint density at radius 3 is 1.94 bits per heavy atom. The number of carbonyl (C=O) groups is 9. The zero-order chi connectivity index (χ0) is 93.2. The lowest BCUT2D eigenvalue weighted by atomic mass is 9.89. The maximum absolute atomic E-state index is 16.9. The summed E-state index contributed by atoms with van der Waals surface area (Å²) in [4.78, 5) is 139. The number of nitrogens with two attached hydrogens (primary N) is 1. The average Bonchev–Trinajstić information content (AvgIpc) is 0.898. The second-order valence-electron chi connectivity index (χ2n) is 32.6. The van der Waals surface area contributed by atoms with Crippen molar-refractivity contribution in [3.05, 3.63) is 164 Å². The first-order valence-electron chi connectivity index (χ1n) is 42.3. The quantitative estimate of drug-likeness (QED) is 0.0305. The van der Waals surface area contributed by atoms with Crippen LogP contribution < -0.4 is 82.6 Å². The molecule has 0 spiro atoms. The van der Waals surface area contributed by atoms with Gasteiger partial charge in [0, 0.05) is 48.2 Å². The zero-order valence-corrected chi connectivity index (χ0v) is 72.3. The molecule has 696 valence electrons. The predicted octanol–water partition coefficient (Wildman–Crippen LogP) is 3.24. The second-order valence-corrected chi connectivity index (χ2v) is 33.4. The van der Waals surface area contributed by atoms with E-state index >= 15 is 28.8 Å². The van der Waals surface area contributed by atoms with Gasteiger partial charge in [0.2, 0.25) is 65.6 Å². The second kappa shape index (κ2) is 42.3. The molecule has 18 atom stereocenters. The van der Waals surface area contributed by atoms with Crippen molar-refractivity contribution in [2.45, 2.75) is 188 Å². The number of methoxy groups -OCH3 is 1. The molecule has 0 aromatic heterocycles. The van der Waals surface area contributed by atoms with Crippen LogP contribution in [0.5, 0.6) is 69.0 Å². The summed E-state index contributed by atoms with van der Waals surface area (Å²) in [6.07, 6.45) is -15.8. The Hall–Kier alpha value is -11.9. The van der Waals surface area contributed by atoms with Gasteiger partial charge < -0.3 is 153 Å². The number of rotatable bonds is 24. The number of hydrogen-bond acceptors (Lipinski definition) is 31. The number of amides is 8. The number of unbranched alkanes of at least 4 members (excludes halogenated alkanes) is 4. The summed E-state index contributed by atoms with van der Waals surface area (Å²) in [6, 6.07) is 5.95. The minimum Gasteiger partial charge on any atom is -0.508 e. The number of fused-ring (bicyclic) bond motifs is 14. The number of aromatic hydroxyl groups is 4. The van der Waals surface area contributed by atoms with Crippen LogP contribution in [-0.2, 0) is 63.8 Å². The molecule has 8 aliphatic rings. The molecule has 0 aliphatic carbocycles. The van der Waals surface area contributed by atoms with E-state index in [1.807, 2.05) is 0 Å². The van der Waals surface area contributed by atoms with Crippen molar-refractivity contribution in [3.8, 4) is 80.1 Å². The van der Waals surface area contributed by atoms with Gasteiger partial charge >= 0.3 is 5.97 Å². The molecule has 39 nitrogen and oxygen atoms in total. The lowest BCUT2D eigenvalue weighted by Gasteiger charge is -2.41. The number of ether oxygens (including phenoxy) is 8. The van der Waals surface area contributed by atoms with E-state index in [0.29, 0.717) is 50.4 Å². The van der Waals surface area contributed by atoms with Crippen molar-refractivity contribution in [1.29, 1.82) is 0 Å². The number of esters is 1. The average molecular weight is 1850 g/mol. The molecule has 8 amide bonds. The molecule has 8 heterocycles. The molecule has 23 N–H and O–H groups in total. The topological polar surface area (TPSA) is 596 Å². The van der Waals surface area contributed by atoms with Gasteiger partial charge in [-0.2, -0.15) is 0 Å². The van der Waals surface area contributed by atoms with Crippen LogP contribution in [0.4, 0.5) is 0 Å². The smallest absolute Gasteiger partial charge is 0.337 e. The van der Waals surface area contributed by atoms with Crippen molar-refractivity contribution in [2.75, 3.05) is 46.9 Å². The first-order chi connectivity index (χ1) is 62.2. The lowest BCUT2D eigenvalue weighted by Crippen LogP contribution is -2.66. The Bertz CT molecular complexity index is 5370. The molecular formula is C89H103Cl2N11O28. The molecule has 0 saturated carbocycles.